The van der Waals surface area contributed by atoms with Crippen LogP contribution in [-0.2, 0) is 0 Å². The number of pyridine rings is 1. The van der Waals surface area contributed by atoms with Gasteiger partial charge in [0, 0.05) is 18.6 Å². The van der Waals surface area contributed by atoms with Crippen molar-refractivity contribution >= 4 is 5.82 Å². The molecule has 1 aromatic rings. The first-order valence-electron chi connectivity index (χ1n) is 3.92. The number of anilines is 1. The van der Waals surface area contributed by atoms with E-state index in [1.807, 2.05) is 38.9 Å². The lowest BCUT2D eigenvalue weighted by molar-refractivity contribution is -0.374. The molecular formula is C9H15N2O+. The lowest BCUT2D eigenvalue weighted by atomic mass is 10.2. The maximum absolute atomic E-state index is 9.46. The maximum atomic E-state index is 9.46. The Morgan fingerprint density at radius 3 is 2.33 bits per heavy atom. The lowest BCUT2D eigenvalue weighted by Gasteiger charge is -2.06. The van der Waals surface area contributed by atoms with E-state index in [2.05, 4.69) is 4.98 Å². The van der Waals surface area contributed by atoms with Gasteiger partial charge >= 0.3 is 0 Å². The minimum Gasteiger partial charge on any atom is -0.504 e. The van der Waals surface area contributed by atoms with Crippen LogP contribution < -0.4 is 9.88 Å². The summed E-state index contributed by atoms with van der Waals surface area (Å²) in [5, 5.41) is 9.46. The van der Waals surface area contributed by atoms with Crippen molar-refractivity contribution in [2.45, 2.75) is 13.8 Å². The fraction of sp³-hybridized carbons (Fsp3) is 0.444. The van der Waals surface area contributed by atoms with Gasteiger partial charge in [-0.2, -0.15) is 0 Å². The van der Waals surface area contributed by atoms with Gasteiger partial charge in [0.2, 0.25) is 0 Å². The molecule has 0 radical (unpaired) electrons. The van der Waals surface area contributed by atoms with Gasteiger partial charge in [-0.25, -0.2) is 4.98 Å². The second-order valence-electron chi connectivity index (χ2n) is 3.21. The largest absolute Gasteiger partial charge is 0.504 e. The van der Waals surface area contributed by atoms with Gasteiger partial charge in [0.1, 0.15) is 5.69 Å². The van der Waals surface area contributed by atoms with Gasteiger partial charge in [0.15, 0.2) is 5.75 Å². The van der Waals surface area contributed by atoms with Crippen molar-refractivity contribution < 1.29 is 10.1 Å². The molecule has 0 spiro atoms. The Morgan fingerprint density at radius 2 is 1.92 bits per heavy atom. The Morgan fingerprint density at radius 1 is 1.33 bits per heavy atom. The number of aromatic amines is 1. The number of aromatic hydroxyl groups is 1. The smallest absolute Gasteiger partial charge is 0.274 e. The minimum atomic E-state index is 0.348. The number of aromatic nitrogens is 1. The summed E-state index contributed by atoms with van der Waals surface area (Å²) in [4.78, 5) is 5.06. The average Bonchev–Trinajstić information content (AvgIpc) is 1.99. The van der Waals surface area contributed by atoms with E-state index in [9.17, 15) is 5.11 Å². The average molecular weight is 167 g/mol. The Labute approximate surface area is 72.7 Å². The molecule has 1 rings (SSSR count). The minimum absolute atomic E-state index is 0.348. The summed E-state index contributed by atoms with van der Waals surface area (Å²) >= 11 is 0. The highest BCUT2D eigenvalue weighted by Gasteiger charge is 2.10. The fourth-order valence-electron chi connectivity index (χ4n) is 1.10. The lowest BCUT2D eigenvalue weighted by Crippen LogP contribution is -2.22. The van der Waals surface area contributed by atoms with E-state index >= 15 is 0 Å². The molecule has 0 amide bonds. The van der Waals surface area contributed by atoms with Gasteiger partial charge in [0.05, 0.1) is 14.1 Å². The summed E-state index contributed by atoms with van der Waals surface area (Å²) in [5.41, 5.74) is 1.70. The molecule has 0 atom stereocenters. The van der Waals surface area contributed by atoms with Crippen molar-refractivity contribution in [3.63, 3.8) is 0 Å². The van der Waals surface area contributed by atoms with E-state index in [4.69, 9.17) is 0 Å². The van der Waals surface area contributed by atoms with Gasteiger partial charge in [-0.15, -0.1) is 0 Å². The number of aryl methyl sites for hydroxylation is 2. The Kier molecular flexibility index (Phi) is 2.22. The number of hydrogen-bond donors (Lipinski definition) is 1. The van der Waals surface area contributed by atoms with Crippen LogP contribution in [0.15, 0.2) is 6.07 Å². The molecule has 0 bridgehead atoms. The van der Waals surface area contributed by atoms with Crippen LogP contribution in [0.2, 0.25) is 0 Å². The quantitative estimate of drug-likeness (QED) is 0.674. The van der Waals surface area contributed by atoms with E-state index in [-0.39, 0.29) is 0 Å². The van der Waals surface area contributed by atoms with E-state index in [0.717, 1.165) is 17.1 Å². The van der Waals surface area contributed by atoms with E-state index in [0.29, 0.717) is 5.75 Å². The maximum Gasteiger partial charge on any atom is 0.274 e. The van der Waals surface area contributed by atoms with Gasteiger partial charge in [-0.3, -0.25) is 4.90 Å². The number of hydrogen-bond acceptors (Lipinski definition) is 2. The molecule has 0 aliphatic heterocycles. The van der Waals surface area contributed by atoms with E-state index in [1.165, 1.54) is 0 Å². The van der Waals surface area contributed by atoms with E-state index < -0.39 is 0 Å². The molecule has 3 heteroatoms. The van der Waals surface area contributed by atoms with Crippen LogP contribution in [0.5, 0.6) is 5.75 Å². The summed E-state index contributed by atoms with van der Waals surface area (Å²) in [6.07, 6.45) is 0. The summed E-state index contributed by atoms with van der Waals surface area (Å²) in [7, 11) is 3.92. The molecule has 66 valence electrons. The topological polar surface area (TPSA) is 37.6 Å². The van der Waals surface area contributed by atoms with Crippen LogP contribution in [0.4, 0.5) is 5.82 Å². The molecule has 0 saturated carbocycles. The molecular weight excluding hydrogens is 152 g/mol. The molecule has 0 aliphatic carbocycles. The van der Waals surface area contributed by atoms with Crippen molar-refractivity contribution in [2.24, 2.45) is 0 Å². The number of nitrogens with one attached hydrogen (secondary N) is 1. The number of nitrogens with zero attached hydrogens (tertiary/aromatic N) is 1. The third-order valence-corrected chi connectivity index (χ3v) is 1.88. The van der Waals surface area contributed by atoms with Crippen LogP contribution in [0.3, 0.4) is 0 Å². The zero-order chi connectivity index (χ0) is 9.30. The molecule has 0 fully saturated rings. The number of H-pyrrole nitrogens is 1. The first-order chi connectivity index (χ1) is 5.52. The van der Waals surface area contributed by atoms with Crippen molar-refractivity contribution in [1.82, 2.24) is 0 Å². The molecule has 2 N–H and O–H groups in total. The van der Waals surface area contributed by atoms with Gasteiger partial charge < -0.3 is 5.11 Å². The Hall–Kier alpha value is -1.25. The predicted molar refractivity (Wildman–Crippen MR) is 48.5 cm³/mol. The molecule has 0 aromatic carbocycles. The molecule has 3 nitrogen and oxygen atoms in total. The Balaban J connectivity index is 3.21. The van der Waals surface area contributed by atoms with Crippen LogP contribution >= 0.6 is 0 Å². The second kappa shape index (κ2) is 3.01. The molecule has 0 unspecified atom stereocenters. The third-order valence-electron chi connectivity index (χ3n) is 1.88. The monoisotopic (exact) mass is 167 g/mol. The normalized spacial score (nSPS) is 10.0. The highest BCUT2D eigenvalue weighted by molar-refractivity contribution is 5.41. The van der Waals surface area contributed by atoms with Crippen molar-refractivity contribution in [1.29, 1.82) is 0 Å². The third kappa shape index (κ3) is 1.49. The van der Waals surface area contributed by atoms with E-state index in [1.54, 1.807) is 0 Å². The molecule has 1 heterocycles. The fourth-order valence-corrected chi connectivity index (χ4v) is 1.10. The second-order valence-corrected chi connectivity index (χ2v) is 3.21. The molecule has 12 heavy (non-hydrogen) atoms. The van der Waals surface area contributed by atoms with Gasteiger partial charge in [-0.05, 0) is 6.92 Å². The van der Waals surface area contributed by atoms with Crippen LogP contribution in [0.25, 0.3) is 0 Å². The summed E-state index contributed by atoms with van der Waals surface area (Å²) in [6, 6.07) is 1.92. The SMILES string of the molecule is Cc1cc(N(C)C)[nH+]c(C)c1O. The molecule has 1 aromatic heterocycles. The highest BCUT2D eigenvalue weighted by atomic mass is 16.3. The molecule has 0 aliphatic rings. The first-order valence-corrected chi connectivity index (χ1v) is 3.92. The summed E-state index contributed by atoms with van der Waals surface area (Å²) in [5.74, 6) is 1.35. The first kappa shape index (κ1) is 8.84. The predicted octanol–water partition coefficient (Wildman–Crippen LogP) is 0.889. The van der Waals surface area contributed by atoms with Crippen molar-refractivity contribution in [2.75, 3.05) is 19.0 Å². The zero-order valence-corrected chi connectivity index (χ0v) is 7.97. The van der Waals surface area contributed by atoms with Crippen LogP contribution in [0, 0.1) is 13.8 Å². The van der Waals surface area contributed by atoms with Crippen molar-refractivity contribution in [3.8, 4) is 5.75 Å². The summed E-state index contributed by atoms with van der Waals surface area (Å²) < 4.78 is 0. The van der Waals surface area contributed by atoms with Gasteiger partial charge in [-0.1, -0.05) is 0 Å². The molecule has 0 saturated heterocycles. The van der Waals surface area contributed by atoms with Gasteiger partial charge in [0.25, 0.3) is 5.82 Å². The van der Waals surface area contributed by atoms with Crippen LogP contribution in [-0.4, -0.2) is 19.2 Å². The number of rotatable bonds is 1. The summed E-state index contributed by atoms with van der Waals surface area (Å²) in [6.45, 7) is 3.75. The highest BCUT2D eigenvalue weighted by Crippen LogP contribution is 2.19. The Bertz CT molecular complexity index is 272. The van der Waals surface area contributed by atoms with Crippen LogP contribution in [0.1, 0.15) is 11.3 Å². The zero-order valence-electron chi connectivity index (χ0n) is 7.97. The standard InChI is InChI=1S/C9H14N2O/c1-6-5-8(11(3)4)10-7(2)9(6)12/h5,12H,1-4H3/p+1. The van der Waals surface area contributed by atoms with Crippen molar-refractivity contribution in [3.05, 3.63) is 17.3 Å².